The van der Waals surface area contributed by atoms with E-state index in [-0.39, 0.29) is 5.43 Å². The van der Waals surface area contributed by atoms with Gasteiger partial charge in [0.1, 0.15) is 0 Å². The second-order valence-corrected chi connectivity index (χ2v) is 4.71. The van der Waals surface area contributed by atoms with Crippen molar-refractivity contribution in [2.24, 2.45) is 0 Å². The molecule has 3 rings (SSSR count). The molecule has 0 amide bonds. The number of hydrogen-bond donors (Lipinski definition) is 2. The Balaban J connectivity index is 1.94. The lowest BCUT2D eigenvalue weighted by molar-refractivity contribution is 0.623. The van der Waals surface area contributed by atoms with Gasteiger partial charge in [0.15, 0.2) is 5.43 Å². The summed E-state index contributed by atoms with van der Waals surface area (Å²) in [7, 11) is 0. The monoisotopic (exact) mass is 240 g/mol. The minimum absolute atomic E-state index is 0.155. The van der Waals surface area contributed by atoms with Crippen LogP contribution in [-0.4, -0.2) is 11.5 Å². The molecule has 0 radical (unpaired) electrons. The van der Waals surface area contributed by atoms with Gasteiger partial charge in [0.25, 0.3) is 0 Å². The summed E-state index contributed by atoms with van der Waals surface area (Å²) < 4.78 is 0. The van der Waals surface area contributed by atoms with Crippen molar-refractivity contribution in [3.63, 3.8) is 0 Å². The third kappa shape index (κ3) is 2.22. The lowest BCUT2D eigenvalue weighted by Gasteiger charge is -2.17. The smallest absolute Gasteiger partial charge is 0.186 e. The maximum Gasteiger partial charge on any atom is 0.186 e. The number of aromatic amines is 1. The Morgan fingerprint density at radius 1 is 1.17 bits per heavy atom. The highest BCUT2D eigenvalue weighted by Gasteiger charge is 2.13. The average Bonchev–Trinajstić information content (AvgIpc) is 2.40. The topological polar surface area (TPSA) is 44.9 Å². The predicted molar refractivity (Wildman–Crippen MR) is 71.7 cm³/mol. The molecule has 0 bridgehead atoms. The number of H-pyrrole nitrogens is 1. The number of fused-ring (bicyclic) bond motifs is 1. The maximum absolute atomic E-state index is 12.0. The van der Waals surface area contributed by atoms with Crippen LogP contribution in [0.5, 0.6) is 0 Å². The van der Waals surface area contributed by atoms with Gasteiger partial charge >= 0.3 is 0 Å². The Bertz CT molecular complexity index is 602. The van der Waals surface area contributed by atoms with Crippen LogP contribution in [0.3, 0.4) is 0 Å². The normalized spacial score (nSPS) is 14.2. The molecule has 2 aromatic rings. The number of nitrogens with one attached hydrogen (secondary N) is 2. The van der Waals surface area contributed by atoms with Crippen LogP contribution in [0.4, 0.5) is 0 Å². The van der Waals surface area contributed by atoms with Crippen LogP contribution in [0.15, 0.2) is 41.2 Å². The highest BCUT2D eigenvalue weighted by molar-refractivity contribution is 5.28. The van der Waals surface area contributed by atoms with Crippen LogP contribution in [0.25, 0.3) is 0 Å². The standard InChI is InChI=1S/C15H16N2O/c18-15-9-12(8-11-4-2-1-3-5-11)17-14-6-7-16-10-13(14)15/h1-5,9,16H,6-8,10H2,(H,17,18). The van der Waals surface area contributed by atoms with Gasteiger partial charge in [0, 0.05) is 48.9 Å². The quantitative estimate of drug-likeness (QED) is 0.837. The first-order valence-corrected chi connectivity index (χ1v) is 6.31. The Morgan fingerprint density at radius 2 is 2.00 bits per heavy atom. The summed E-state index contributed by atoms with van der Waals surface area (Å²) in [5, 5.41) is 3.23. The molecule has 0 saturated heterocycles. The average molecular weight is 240 g/mol. The summed E-state index contributed by atoms with van der Waals surface area (Å²) in [4.78, 5) is 15.4. The second kappa shape index (κ2) is 4.78. The van der Waals surface area contributed by atoms with E-state index in [9.17, 15) is 4.79 Å². The van der Waals surface area contributed by atoms with Crippen LogP contribution in [0.2, 0.25) is 0 Å². The van der Waals surface area contributed by atoms with Gasteiger partial charge in [-0.1, -0.05) is 30.3 Å². The van der Waals surface area contributed by atoms with Gasteiger partial charge in [-0.3, -0.25) is 4.79 Å². The molecule has 3 heteroatoms. The van der Waals surface area contributed by atoms with Gasteiger partial charge in [-0.25, -0.2) is 0 Å². The van der Waals surface area contributed by atoms with E-state index in [0.717, 1.165) is 36.3 Å². The zero-order valence-corrected chi connectivity index (χ0v) is 10.2. The molecule has 92 valence electrons. The van der Waals surface area contributed by atoms with Crippen LogP contribution < -0.4 is 10.7 Å². The fourth-order valence-corrected chi connectivity index (χ4v) is 2.44. The minimum atomic E-state index is 0.155. The predicted octanol–water partition coefficient (Wildman–Crippen LogP) is 1.61. The van der Waals surface area contributed by atoms with Gasteiger partial charge in [-0.2, -0.15) is 0 Å². The van der Waals surface area contributed by atoms with E-state index in [0.29, 0.717) is 6.54 Å². The van der Waals surface area contributed by atoms with Gasteiger partial charge in [0.05, 0.1) is 0 Å². The minimum Gasteiger partial charge on any atom is -0.361 e. The summed E-state index contributed by atoms with van der Waals surface area (Å²) in [6.07, 6.45) is 1.70. The second-order valence-electron chi connectivity index (χ2n) is 4.71. The highest BCUT2D eigenvalue weighted by atomic mass is 16.1. The van der Waals surface area contributed by atoms with E-state index in [4.69, 9.17) is 0 Å². The first-order chi connectivity index (χ1) is 8.83. The van der Waals surface area contributed by atoms with Crippen molar-refractivity contribution in [1.29, 1.82) is 0 Å². The summed E-state index contributed by atoms with van der Waals surface area (Å²) in [6.45, 7) is 1.63. The Hall–Kier alpha value is -1.87. The molecule has 1 aromatic carbocycles. The molecule has 18 heavy (non-hydrogen) atoms. The van der Waals surface area contributed by atoms with Crippen molar-refractivity contribution >= 4 is 0 Å². The van der Waals surface area contributed by atoms with Crippen LogP contribution >= 0.6 is 0 Å². The highest BCUT2D eigenvalue weighted by Crippen LogP contribution is 2.11. The molecule has 0 spiro atoms. The summed E-state index contributed by atoms with van der Waals surface area (Å²) >= 11 is 0. The summed E-state index contributed by atoms with van der Waals surface area (Å²) in [5.74, 6) is 0. The molecule has 1 aliphatic rings. The molecule has 1 aliphatic heterocycles. The third-order valence-electron chi connectivity index (χ3n) is 3.37. The summed E-state index contributed by atoms with van der Waals surface area (Å²) in [6, 6.07) is 12.0. The van der Waals surface area contributed by atoms with E-state index >= 15 is 0 Å². The lowest BCUT2D eigenvalue weighted by atomic mass is 10.0. The number of hydrogen-bond acceptors (Lipinski definition) is 2. The van der Waals surface area contributed by atoms with Crippen molar-refractivity contribution in [2.45, 2.75) is 19.4 Å². The van der Waals surface area contributed by atoms with Crippen molar-refractivity contribution in [3.05, 3.63) is 69.1 Å². The number of aromatic nitrogens is 1. The van der Waals surface area contributed by atoms with E-state index in [1.165, 1.54) is 5.56 Å². The Morgan fingerprint density at radius 3 is 2.83 bits per heavy atom. The zero-order chi connectivity index (χ0) is 12.4. The van der Waals surface area contributed by atoms with E-state index in [2.05, 4.69) is 22.4 Å². The van der Waals surface area contributed by atoms with Gasteiger partial charge < -0.3 is 10.3 Å². The molecule has 0 fully saturated rings. The van der Waals surface area contributed by atoms with Gasteiger partial charge in [-0.15, -0.1) is 0 Å². The number of pyridine rings is 1. The molecule has 0 atom stereocenters. The lowest BCUT2D eigenvalue weighted by Crippen LogP contribution is -2.30. The van der Waals surface area contributed by atoms with E-state index in [1.807, 2.05) is 18.2 Å². The maximum atomic E-state index is 12.0. The van der Waals surface area contributed by atoms with Crippen LogP contribution in [-0.2, 0) is 19.4 Å². The first-order valence-electron chi connectivity index (χ1n) is 6.31. The molecule has 3 nitrogen and oxygen atoms in total. The van der Waals surface area contributed by atoms with E-state index in [1.54, 1.807) is 6.07 Å². The van der Waals surface area contributed by atoms with Crippen molar-refractivity contribution in [3.8, 4) is 0 Å². The molecule has 0 aliphatic carbocycles. The third-order valence-corrected chi connectivity index (χ3v) is 3.37. The SMILES string of the molecule is O=c1cc(Cc2ccccc2)[nH]c2c1CNCC2. The fraction of sp³-hybridized carbons (Fsp3) is 0.267. The van der Waals surface area contributed by atoms with E-state index < -0.39 is 0 Å². The molecule has 0 saturated carbocycles. The van der Waals surface area contributed by atoms with Gasteiger partial charge in [0.2, 0.25) is 0 Å². The number of rotatable bonds is 2. The van der Waals surface area contributed by atoms with Crippen molar-refractivity contribution in [2.75, 3.05) is 6.54 Å². The zero-order valence-electron chi connectivity index (χ0n) is 10.2. The van der Waals surface area contributed by atoms with Crippen molar-refractivity contribution < 1.29 is 0 Å². The van der Waals surface area contributed by atoms with Gasteiger partial charge in [-0.05, 0) is 5.56 Å². The molecular weight excluding hydrogens is 224 g/mol. The summed E-state index contributed by atoms with van der Waals surface area (Å²) in [5.41, 5.74) is 4.39. The first kappa shape index (κ1) is 11.2. The van der Waals surface area contributed by atoms with Crippen LogP contribution in [0.1, 0.15) is 22.5 Å². The van der Waals surface area contributed by atoms with Crippen molar-refractivity contribution in [1.82, 2.24) is 10.3 Å². The Labute approximate surface area is 106 Å². The Kier molecular flexibility index (Phi) is 2.99. The fourth-order valence-electron chi connectivity index (χ4n) is 2.44. The molecule has 2 N–H and O–H groups in total. The molecule has 0 unspecified atom stereocenters. The molecule has 1 aromatic heterocycles. The largest absolute Gasteiger partial charge is 0.361 e. The molecule has 2 heterocycles. The molecular formula is C15H16N2O. The number of benzene rings is 1. The van der Waals surface area contributed by atoms with Crippen LogP contribution in [0, 0.1) is 0 Å².